The summed E-state index contributed by atoms with van der Waals surface area (Å²) in [6.45, 7) is 3.95. The molecule has 2 heterocycles. The number of hydrogen-bond donors (Lipinski definition) is 2. The smallest absolute Gasteiger partial charge is 0.275 e. The molecular weight excluding hydrogens is 484 g/mol. The molecule has 6 nitrogen and oxygen atoms in total. The molecule has 0 spiro atoms. The zero-order valence-electron chi connectivity index (χ0n) is 21.8. The lowest BCUT2D eigenvalue weighted by atomic mass is 9.99. The van der Waals surface area contributed by atoms with Crippen LogP contribution in [0.3, 0.4) is 0 Å². The molecule has 0 saturated heterocycles. The molecule has 192 valence electrons. The van der Waals surface area contributed by atoms with Crippen molar-refractivity contribution in [1.82, 2.24) is 19.6 Å². The molecule has 6 rings (SSSR count). The number of hydrogen-bond acceptors (Lipinski definition) is 2. The van der Waals surface area contributed by atoms with Crippen molar-refractivity contribution in [3.63, 3.8) is 0 Å². The molecule has 0 aliphatic heterocycles. The van der Waals surface area contributed by atoms with E-state index in [1.807, 2.05) is 123 Å². The van der Waals surface area contributed by atoms with Gasteiger partial charge in [0.05, 0.1) is 22.8 Å². The number of aryl methyl sites for hydroxylation is 2. The second-order valence-corrected chi connectivity index (χ2v) is 9.69. The van der Waals surface area contributed by atoms with Crippen LogP contribution in [-0.4, -0.2) is 19.6 Å². The van der Waals surface area contributed by atoms with E-state index in [9.17, 15) is 9.59 Å². The summed E-state index contributed by atoms with van der Waals surface area (Å²) in [4.78, 5) is 28.0. The quantitative estimate of drug-likeness (QED) is 0.279. The van der Waals surface area contributed by atoms with E-state index in [1.54, 1.807) is 9.36 Å². The molecular formula is C33H28N4O2. The molecule has 6 aromatic rings. The number of nitrogens with one attached hydrogen (secondary N) is 2. The first-order chi connectivity index (χ1) is 19.0. The summed E-state index contributed by atoms with van der Waals surface area (Å²) in [6.07, 6.45) is 0.164. The van der Waals surface area contributed by atoms with E-state index >= 15 is 0 Å². The first kappa shape index (κ1) is 24.2. The minimum Gasteiger partial charge on any atom is -0.290 e. The minimum atomic E-state index is -0.176. The highest BCUT2D eigenvalue weighted by molar-refractivity contribution is 5.68. The third-order valence-electron chi connectivity index (χ3n) is 7.16. The van der Waals surface area contributed by atoms with Gasteiger partial charge in [-0.3, -0.25) is 19.8 Å². The molecule has 6 heteroatoms. The average molecular weight is 513 g/mol. The molecule has 2 N–H and O–H groups in total. The van der Waals surface area contributed by atoms with Crippen LogP contribution in [0.5, 0.6) is 0 Å². The normalized spacial score (nSPS) is 11.1. The Hall–Kier alpha value is -5.10. The van der Waals surface area contributed by atoms with E-state index in [-0.39, 0.29) is 17.5 Å². The van der Waals surface area contributed by atoms with E-state index in [2.05, 4.69) is 10.2 Å². The summed E-state index contributed by atoms with van der Waals surface area (Å²) in [6, 6.07) is 35.1. The number of nitrogens with zero attached hydrogens (tertiary/aromatic N) is 2. The van der Waals surface area contributed by atoms with Gasteiger partial charge in [0, 0.05) is 17.5 Å². The van der Waals surface area contributed by atoms with E-state index in [4.69, 9.17) is 0 Å². The summed E-state index contributed by atoms with van der Waals surface area (Å²) in [5.41, 5.74) is 7.39. The largest absolute Gasteiger partial charge is 0.290 e. The molecule has 0 atom stereocenters. The van der Waals surface area contributed by atoms with Gasteiger partial charge < -0.3 is 0 Å². The SMILES string of the molecule is Cc1ccccc1-n1[nH]c(-c2ccccc2)c(Cc2c(-c3ccccc3)[nH]n(-c3ccccc3C)c2=O)c1=O. The molecule has 0 unspecified atom stereocenters. The second-order valence-electron chi connectivity index (χ2n) is 9.69. The predicted molar refractivity (Wildman–Crippen MR) is 156 cm³/mol. The summed E-state index contributed by atoms with van der Waals surface area (Å²) in [5, 5.41) is 6.71. The Bertz CT molecular complexity index is 1750. The van der Waals surface area contributed by atoms with Crippen LogP contribution in [0.2, 0.25) is 0 Å². The first-order valence-electron chi connectivity index (χ1n) is 12.9. The fourth-order valence-electron chi connectivity index (χ4n) is 5.10. The van der Waals surface area contributed by atoms with Crippen molar-refractivity contribution in [3.8, 4) is 33.9 Å². The minimum absolute atomic E-state index is 0.164. The van der Waals surface area contributed by atoms with Gasteiger partial charge in [-0.15, -0.1) is 0 Å². The third kappa shape index (κ3) is 4.36. The molecule has 39 heavy (non-hydrogen) atoms. The molecule has 0 radical (unpaired) electrons. The van der Waals surface area contributed by atoms with Gasteiger partial charge in [-0.2, -0.15) is 0 Å². The van der Waals surface area contributed by atoms with Gasteiger partial charge in [0.25, 0.3) is 11.1 Å². The van der Waals surface area contributed by atoms with Gasteiger partial charge in [0.15, 0.2) is 0 Å². The Balaban J connectivity index is 1.59. The summed E-state index contributed by atoms with van der Waals surface area (Å²) in [7, 11) is 0. The average Bonchev–Trinajstić information content (AvgIpc) is 3.47. The molecule has 0 amide bonds. The molecule has 2 aromatic heterocycles. The standard InChI is InChI=1S/C33H28N4O2/c1-22-13-9-11-19-28(22)36-32(38)26(30(34-36)24-15-5-3-6-16-24)21-27-31(25-17-7-4-8-18-25)35-37(33(27)39)29-20-12-10-14-23(29)2/h3-20,34-35H,21H2,1-2H3. The molecule has 0 bridgehead atoms. The Labute approximate surface area is 225 Å². The fourth-order valence-corrected chi connectivity index (χ4v) is 5.10. The number of aromatic amines is 2. The second kappa shape index (κ2) is 9.99. The van der Waals surface area contributed by atoms with E-state index in [0.29, 0.717) is 22.5 Å². The van der Waals surface area contributed by atoms with E-state index in [1.165, 1.54) is 0 Å². The number of aromatic nitrogens is 4. The Morgan fingerprint density at radius 2 is 0.872 bits per heavy atom. The maximum atomic E-state index is 14.0. The van der Waals surface area contributed by atoms with Crippen LogP contribution in [0.15, 0.2) is 119 Å². The Morgan fingerprint density at radius 3 is 1.26 bits per heavy atom. The van der Waals surface area contributed by atoms with Crippen LogP contribution in [0.1, 0.15) is 22.3 Å². The fraction of sp³-hybridized carbons (Fsp3) is 0.0909. The van der Waals surface area contributed by atoms with Gasteiger partial charge in [0.1, 0.15) is 0 Å². The van der Waals surface area contributed by atoms with Gasteiger partial charge in [-0.1, -0.05) is 97.1 Å². The summed E-state index contributed by atoms with van der Waals surface area (Å²) < 4.78 is 3.17. The van der Waals surface area contributed by atoms with Gasteiger partial charge in [-0.25, -0.2) is 9.36 Å². The lowest BCUT2D eigenvalue weighted by Crippen LogP contribution is -2.22. The number of rotatable bonds is 6. The van der Waals surface area contributed by atoms with Crippen LogP contribution in [0.4, 0.5) is 0 Å². The van der Waals surface area contributed by atoms with Crippen molar-refractivity contribution in [1.29, 1.82) is 0 Å². The Kier molecular flexibility index (Phi) is 6.21. The van der Waals surface area contributed by atoms with Crippen molar-refractivity contribution in [3.05, 3.63) is 152 Å². The van der Waals surface area contributed by atoms with Gasteiger partial charge >= 0.3 is 0 Å². The van der Waals surface area contributed by atoms with Crippen LogP contribution >= 0.6 is 0 Å². The van der Waals surface area contributed by atoms with Crippen LogP contribution < -0.4 is 11.1 Å². The predicted octanol–water partition coefficient (Wildman–Crippen LogP) is 6.19. The molecule has 0 aliphatic rings. The van der Waals surface area contributed by atoms with Gasteiger partial charge in [0.2, 0.25) is 0 Å². The first-order valence-corrected chi connectivity index (χ1v) is 12.9. The lowest BCUT2D eigenvalue weighted by Gasteiger charge is -2.05. The van der Waals surface area contributed by atoms with Crippen LogP contribution in [0, 0.1) is 13.8 Å². The van der Waals surface area contributed by atoms with Crippen molar-refractivity contribution < 1.29 is 0 Å². The van der Waals surface area contributed by atoms with Gasteiger partial charge in [-0.05, 0) is 48.2 Å². The third-order valence-corrected chi connectivity index (χ3v) is 7.16. The van der Waals surface area contributed by atoms with Crippen molar-refractivity contribution >= 4 is 0 Å². The van der Waals surface area contributed by atoms with Crippen molar-refractivity contribution in [2.24, 2.45) is 0 Å². The molecule has 0 saturated carbocycles. The molecule has 0 aliphatic carbocycles. The summed E-state index contributed by atoms with van der Waals surface area (Å²) >= 11 is 0. The summed E-state index contributed by atoms with van der Waals surface area (Å²) in [5.74, 6) is 0. The van der Waals surface area contributed by atoms with Crippen molar-refractivity contribution in [2.75, 3.05) is 0 Å². The van der Waals surface area contributed by atoms with E-state index in [0.717, 1.165) is 33.6 Å². The maximum absolute atomic E-state index is 14.0. The number of H-pyrrole nitrogens is 2. The topological polar surface area (TPSA) is 75.6 Å². The molecule has 4 aromatic carbocycles. The van der Waals surface area contributed by atoms with Crippen molar-refractivity contribution in [2.45, 2.75) is 20.3 Å². The number of para-hydroxylation sites is 2. The van der Waals surface area contributed by atoms with E-state index < -0.39 is 0 Å². The molecule has 0 fully saturated rings. The lowest BCUT2D eigenvalue weighted by molar-refractivity contribution is 0.839. The van der Waals surface area contributed by atoms with Crippen LogP contribution in [0.25, 0.3) is 33.9 Å². The highest BCUT2D eigenvalue weighted by atomic mass is 16.1. The maximum Gasteiger partial charge on any atom is 0.275 e. The van der Waals surface area contributed by atoms with Crippen LogP contribution in [-0.2, 0) is 6.42 Å². The zero-order valence-corrected chi connectivity index (χ0v) is 21.8. The highest BCUT2D eigenvalue weighted by Crippen LogP contribution is 2.27. The number of benzene rings is 4. The zero-order chi connectivity index (χ0) is 26.9. The highest BCUT2D eigenvalue weighted by Gasteiger charge is 2.24. The monoisotopic (exact) mass is 512 g/mol. The Morgan fingerprint density at radius 1 is 0.513 bits per heavy atom.